The Morgan fingerprint density at radius 2 is 2.14 bits per heavy atom. The van der Waals surface area contributed by atoms with Gasteiger partial charge in [-0.3, -0.25) is 4.68 Å². The quantitative estimate of drug-likeness (QED) is 0.589. The fraction of sp³-hybridized carbons (Fsp3) is 0.750. The van der Waals surface area contributed by atoms with Crippen molar-refractivity contribution in [2.24, 2.45) is 0 Å². The van der Waals surface area contributed by atoms with Crippen LogP contribution in [0.4, 0.5) is 0 Å². The Morgan fingerprint density at radius 1 is 1.43 bits per heavy atom. The minimum Gasteiger partial charge on any atom is -0.383 e. The molecule has 0 aliphatic heterocycles. The van der Waals surface area contributed by atoms with Gasteiger partial charge in [0.25, 0.3) is 0 Å². The van der Waals surface area contributed by atoms with E-state index in [9.17, 15) is 8.42 Å². The van der Waals surface area contributed by atoms with Crippen molar-refractivity contribution in [3.63, 3.8) is 0 Å². The molecule has 0 N–H and O–H groups in total. The zero-order valence-electron chi connectivity index (χ0n) is 12.5. The second-order valence-electron chi connectivity index (χ2n) is 4.54. The molecule has 0 aromatic carbocycles. The van der Waals surface area contributed by atoms with Crippen LogP contribution >= 0.6 is 11.6 Å². The number of hydrogen-bond acceptors (Lipinski definition) is 5. The predicted octanol–water partition coefficient (Wildman–Crippen LogP) is 0.794. The van der Waals surface area contributed by atoms with Crippen LogP contribution in [0.3, 0.4) is 0 Å². The van der Waals surface area contributed by atoms with E-state index in [2.05, 4.69) is 5.10 Å². The molecule has 122 valence electrons. The molecular weight excluding hydrogens is 318 g/mol. The summed E-state index contributed by atoms with van der Waals surface area (Å²) in [6.07, 6.45) is 2.82. The van der Waals surface area contributed by atoms with Crippen molar-refractivity contribution in [2.45, 2.75) is 24.4 Å². The Kier molecular flexibility index (Phi) is 7.61. The molecule has 0 aliphatic rings. The summed E-state index contributed by atoms with van der Waals surface area (Å²) in [4.78, 5) is 0.145. The summed E-state index contributed by atoms with van der Waals surface area (Å²) in [6.45, 7) is 3.12. The average Bonchev–Trinajstić information content (AvgIpc) is 2.89. The van der Waals surface area contributed by atoms with E-state index < -0.39 is 10.0 Å². The lowest BCUT2D eigenvalue weighted by molar-refractivity contribution is 0.119. The Bertz CT molecular complexity index is 520. The van der Waals surface area contributed by atoms with Crippen molar-refractivity contribution in [2.75, 3.05) is 39.9 Å². The van der Waals surface area contributed by atoms with Gasteiger partial charge in [0.15, 0.2) is 0 Å². The van der Waals surface area contributed by atoms with Crippen LogP contribution in [0.25, 0.3) is 0 Å². The summed E-state index contributed by atoms with van der Waals surface area (Å²) in [5.74, 6) is 0.370. The van der Waals surface area contributed by atoms with Gasteiger partial charge < -0.3 is 9.47 Å². The summed E-state index contributed by atoms with van der Waals surface area (Å²) in [5, 5.41) is 4.00. The van der Waals surface area contributed by atoms with E-state index in [0.717, 1.165) is 0 Å². The SMILES string of the molecule is COCCN(C(C)COC)S(=O)(=O)c1cnn(CCCl)c1. The largest absolute Gasteiger partial charge is 0.383 e. The number of nitrogens with zero attached hydrogens (tertiary/aromatic N) is 3. The predicted molar refractivity (Wildman–Crippen MR) is 80.1 cm³/mol. The maximum atomic E-state index is 12.7. The first-order valence-electron chi connectivity index (χ1n) is 6.55. The van der Waals surface area contributed by atoms with Crippen LogP contribution < -0.4 is 0 Å². The zero-order valence-corrected chi connectivity index (χ0v) is 14.1. The molecule has 0 spiro atoms. The molecule has 9 heteroatoms. The normalized spacial score (nSPS) is 13.8. The molecule has 0 aliphatic carbocycles. The highest BCUT2D eigenvalue weighted by Gasteiger charge is 2.30. The lowest BCUT2D eigenvalue weighted by atomic mass is 10.3. The molecule has 0 saturated carbocycles. The molecule has 0 saturated heterocycles. The smallest absolute Gasteiger partial charge is 0.246 e. The number of aryl methyl sites for hydroxylation is 1. The minimum absolute atomic E-state index is 0.145. The van der Waals surface area contributed by atoms with Crippen LogP contribution in [0.1, 0.15) is 6.92 Å². The molecule has 0 bridgehead atoms. The van der Waals surface area contributed by atoms with Crippen LogP contribution in [0.15, 0.2) is 17.3 Å². The highest BCUT2D eigenvalue weighted by molar-refractivity contribution is 7.89. The number of aromatic nitrogens is 2. The van der Waals surface area contributed by atoms with Gasteiger partial charge in [0.05, 0.1) is 26.0 Å². The molecule has 21 heavy (non-hydrogen) atoms. The molecule has 1 aromatic heterocycles. The highest BCUT2D eigenvalue weighted by Crippen LogP contribution is 2.18. The monoisotopic (exact) mass is 339 g/mol. The van der Waals surface area contributed by atoms with Crippen molar-refractivity contribution in [1.82, 2.24) is 14.1 Å². The third-order valence-electron chi connectivity index (χ3n) is 2.95. The molecule has 0 radical (unpaired) electrons. The Balaban J connectivity index is 3.00. The van der Waals surface area contributed by atoms with Crippen molar-refractivity contribution in [3.8, 4) is 0 Å². The summed E-state index contributed by atoms with van der Waals surface area (Å²) in [5.41, 5.74) is 0. The Hall–Kier alpha value is -0.670. The van der Waals surface area contributed by atoms with Gasteiger partial charge in [-0.25, -0.2) is 8.42 Å². The molecule has 1 heterocycles. The number of halogens is 1. The maximum absolute atomic E-state index is 12.7. The first-order chi connectivity index (χ1) is 9.97. The third kappa shape index (κ3) is 4.93. The van der Waals surface area contributed by atoms with Gasteiger partial charge in [-0.05, 0) is 6.92 Å². The lowest BCUT2D eigenvalue weighted by Crippen LogP contribution is -2.42. The van der Waals surface area contributed by atoms with E-state index in [1.54, 1.807) is 6.92 Å². The molecule has 1 aromatic rings. The fourth-order valence-electron chi connectivity index (χ4n) is 1.91. The standard InChI is InChI=1S/C12H22ClN3O4S/c1-11(10-20-3)16(6-7-19-2)21(17,18)12-8-14-15(9-12)5-4-13/h8-9,11H,4-7,10H2,1-3H3. The lowest BCUT2D eigenvalue weighted by Gasteiger charge is -2.27. The summed E-state index contributed by atoms with van der Waals surface area (Å²) >= 11 is 5.63. The number of alkyl halides is 1. The molecule has 0 fully saturated rings. The van der Waals surface area contributed by atoms with Gasteiger partial charge in [0.1, 0.15) is 4.90 Å². The molecular formula is C12H22ClN3O4S. The van der Waals surface area contributed by atoms with Gasteiger partial charge in [-0.1, -0.05) is 0 Å². The summed E-state index contributed by atoms with van der Waals surface area (Å²) in [6, 6.07) is -0.300. The minimum atomic E-state index is -3.65. The maximum Gasteiger partial charge on any atom is 0.246 e. The van der Waals surface area contributed by atoms with E-state index in [1.165, 1.54) is 35.6 Å². The number of rotatable bonds is 10. The first kappa shape index (κ1) is 18.4. The van der Waals surface area contributed by atoms with Gasteiger partial charge in [-0.2, -0.15) is 9.40 Å². The van der Waals surface area contributed by atoms with E-state index in [0.29, 0.717) is 25.6 Å². The van der Waals surface area contributed by atoms with Gasteiger partial charge in [0, 0.05) is 38.9 Å². The van der Waals surface area contributed by atoms with Crippen LogP contribution in [-0.2, 0) is 26.0 Å². The fourth-order valence-corrected chi connectivity index (χ4v) is 3.63. The van der Waals surface area contributed by atoms with Crippen molar-refractivity contribution in [3.05, 3.63) is 12.4 Å². The second-order valence-corrected chi connectivity index (χ2v) is 6.81. The number of ether oxygens (including phenoxy) is 2. The van der Waals surface area contributed by atoms with Gasteiger partial charge in [-0.15, -0.1) is 11.6 Å². The summed E-state index contributed by atoms with van der Waals surface area (Å²) in [7, 11) is -0.575. The molecule has 1 atom stereocenters. The van der Waals surface area contributed by atoms with Crippen LogP contribution in [-0.4, -0.2) is 68.4 Å². The van der Waals surface area contributed by atoms with Crippen LogP contribution in [0.5, 0.6) is 0 Å². The molecule has 7 nitrogen and oxygen atoms in total. The van der Waals surface area contributed by atoms with Gasteiger partial charge >= 0.3 is 0 Å². The van der Waals surface area contributed by atoms with E-state index >= 15 is 0 Å². The second kappa shape index (κ2) is 8.70. The first-order valence-corrected chi connectivity index (χ1v) is 8.53. The van der Waals surface area contributed by atoms with Crippen LogP contribution in [0.2, 0.25) is 0 Å². The van der Waals surface area contributed by atoms with Crippen molar-refractivity contribution >= 4 is 21.6 Å². The molecule has 1 rings (SSSR count). The van der Waals surface area contributed by atoms with Crippen molar-refractivity contribution < 1.29 is 17.9 Å². The van der Waals surface area contributed by atoms with Gasteiger partial charge in [0.2, 0.25) is 10.0 Å². The van der Waals surface area contributed by atoms with E-state index in [1.807, 2.05) is 0 Å². The highest BCUT2D eigenvalue weighted by atomic mass is 35.5. The zero-order chi connectivity index (χ0) is 15.9. The molecule has 1 unspecified atom stereocenters. The van der Waals surface area contributed by atoms with E-state index in [4.69, 9.17) is 21.1 Å². The van der Waals surface area contributed by atoms with Crippen molar-refractivity contribution in [1.29, 1.82) is 0 Å². The Morgan fingerprint density at radius 3 is 2.71 bits per heavy atom. The Labute approximate surface area is 130 Å². The number of hydrogen-bond donors (Lipinski definition) is 0. The number of methoxy groups -OCH3 is 2. The summed E-state index contributed by atoms with van der Waals surface area (Å²) < 4.78 is 38.3. The third-order valence-corrected chi connectivity index (χ3v) is 5.08. The van der Waals surface area contributed by atoms with E-state index in [-0.39, 0.29) is 17.5 Å². The average molecular weight is 340 g/mol. The molecule has 0 amide bonds. The topological polar surface area (TPSA) is 73.7 Å². The number of sulfonamides is 1. The van der Waals surface area contributed by atoms with Crippen LogP contribution in [0, 0.1) is 0 Å².